The van der Waals surface area contributed by atoms with Gasteiger partial charge in [-0.1, -0.05) is 34.6 Å². The molecule has 0 aromatic heterocycles. The average molecular weight is 226 g/mol. The van der Waals surface area contributed by atoms with Crippen LogP contribution in [-0.4, -0.2) is 30.6 Å². The van der Waals surface area contributed by atoms with Gasteiger partial charge in [0.25, 0.3) is 0 Å². The number of hydrogen-bond donors (Lipinski definition) is 1. The van der Waals surface area contributed by atoms with Gasteiger partial charge < -0.3 is 10.6 Å². The highest BCUT2D eigenvalue weighted by molar-refractivity contribution is 4.84. The Hall–Kier alpha value is -0.0800. The number of rotatable bonds is 3. The number of piperidine rings is 1. The number of nitrogens with two attached hydrogens (primary N) is 1. The summed E-state index contributed by atoms with van der Waals surface area (Å²) in [7, 11) is 0. The maximum atomic E-state index is 6.17. The molecule has 96 valence electrons. The van der Waals surface area contributed by atoms with E-state index in [1.54, 1.807) is 0 Å². The van der Waals surface area contributed by atoms with Crippen LogP contribution >= 0.6 is 0 Å². The van der Waals surface area contributed by atoms with Crippen LogP contribution in [0.3, 0.4) is 0 Å². The molecule has 1 aliphatic heterocycles. The summed E-state index contributed by atoms with van der Waals surface area (Å²) in [5.74, 6) is 1.54. The lowest BCUT2D eigenvalue weighted by atomic mass is 9.80. The summed E-state index contributed by atoms with van der Waals surface area (Å²) in [5.41, 5.74) is 6.60. The lowest BCUT2D eigenvalue weighted by Crippen LogP contribution is -2.48. The molecular weight excluding hydrogens is 196 g/mol. The standard InChI is InChI=1S/C14H30N2/c1-11(2)8-16-9-12(6-13(15)10-16)7-14(3,4)5/h11-13H,6-10,15H2,1-5H3. The molecule has 1 rings (SSSR count). The quantitative estimate of drug-likeness (QED) is 0.802. The van der Waals surface area contributed by atoms with E-state index < -0.39 is 0 Å². The van der Waals surface area contributed by atoms with Gasteiger partial charge in [0.1, 0.15) is 0 Å². The minimum absolute atomic E-state index is 0.389. The van der Waals surface area contributed by atoms with E-state index in [-0.39, 0.29) is 0 Å². The summed E-state index contributed by atoms with van der Waals surface area (Å²) in [6, 6.07) is 0.389. The van der Waals surface area contributed by atoms with Gasteiger partial charge in [0, 0.05) is 25.7 Å². The Balaban J connectivity index is 2.47. The molecule has 1 heterocycles. The van der Waals surface area contributed by atoms with Gasteiger partial charge in [0.15, 0.2) is 0 Å². The Morgan fingerprint density at radius 2 is 1.88 bits per heavy atom. The summed E-state index contributed by atoms with van der Waals surface area (Å²) >= 11 is 0. The van der Waals surface area contributed by atoms with Gasteiger partial charge >= 0.3 is 0 Å². The number of likely N-dealkylation sites (tertiary alicyclic amines) is 1. The van der Waals surface area contributed by atoms with Crippen LogP contribution in [0.2, 0.25) is 0 Å². The smallest absolute Gasteiger partial charge is 0.0170 e. The fraction of sp³-hybridized carbons (Fsp3) is 1.00. The second-order valence-electron chi connectivity index (χ2n) is 7.24. The molecule has 2 nitrogen and oxygen atoms in total. The third-order valence-electron chi connectivity index (χ3n) is 3.17. The molecule has 2 N–H and O–H groups in total. The third kappa shape index (κ3) is 5.31. The zero-order valence-electron chi connectivity index (χ0n) is 11.8. The normalized spacial score (nSPS) is 28.7. The van der Waals surface area contributed by atoms with Crippen molar-refractivity contribution in [3.63, 3.8) is 0 Å². The van der Waals surface area contributed by atoms with Crippen molar-refractivity contribution in [2.45, 2.75) is 53.5 Å². The predicted molar refractivity (Wildman–Crippen MR) is 71.4 cm³/mol. The first kappa shape index (κ1) is 14.0. The molecule has 2 atom stereocenters. The topological polar surface area (TPSA) is 29.3 Å². The van der Waals surface area contributed by atoms with E-state index in [4.69, 9.17) is 5.73 Å². The Bertz CT molecular complexity index is 203. The largest absolute Gasteiger partial charge is 0.327 e. The predicted octanol–water partition coefficient (Wildman–Crippen LogP) is 2.73. The van der Waals surface area contributed by atoms with Crippen LogP contribution in [0.15, 0.2) is 0 Å². The zero-order chi connectivity index (χ0) is 12.3. The molecule has 0 aromatic rings. The van der Waals surface area contributed by atoms with Crippen molar-refractivity contribution < 1.29 is 0 Å². The van der Waals surface area contributed by atoms with Crippen LogP contribution in [0.5, 0.6) is 0 Å². The van der Waals surface area contributed by atoms with Crippen LogP contribution < -0.4 is 5.73 Å². The molecule has 1 saturated heterocycles. The molecule has 2 heteroatoms. The van der Waals surface area contributed by atoms with Gasteiger partial charge in [0.2, 0.25) is 0 Å². The van der Waals surface area contributed by atoms with E-state index in [9.17, 15) is 0 Å². The second kappa shape index (κ2) is 5.50. The molecule has 0 aromatic carbocycles. The van der Waals surface area contributed by atoms with Gasteiger partial charge in [-0.2, -0.15) is 0 Å². The highest BCUT2D eigenvalue weighted by Crippen LogP contribution is 2.29. The number of hydrogen-bond acceptors (Lipinski definition) is 2. The lowest BCUT2D eigenvalue weighted by Gasteiger charge is -2.39. The lowest BCUT2D eigenvalue weighted by molar-refractivity contribution is 0.116. The average Bonchev–Trinajstić information content (AvgIpc) is 1.96. The van der Waals surface area contributed by atoms with E-state index in [0.717, 1.165) is 18.4 Å². The van der Waals surface area contributed by atoms with Crippen LogP contribution in [0.25, 0.3) is 0 Å². The molecule has 16 heavy (non-hydrogen) atoms. The molecule has 0 spiro atoms. The zero-order valence-corrected chi connectivity index (χ0v) is 11.8. The van der Waals surface area contributed by atoms with E-state index in [1.165, 1.54) is 25.9 Å². The second-order valence-corrected chi connectivity index (χ2v) is 7.24. The molecule has 0 bridgehead atoms. The first-order chi connectivity index (χ1) is 7.26. The molecule has 2 unspecified atom stereocenters. The van der Waals surface area contributed by atoms with Gasteiger partial charge in [-0.25, -0.2) is 0 Å². The molecule has 1 fully saturated rings. The summed E-state index contributed by atoms with van der Waals surface area (Å²) in [4.78, 5) is 2.56. The molecule has 0 amide bonds. The van der Waals surface area contributed by atoms with Crippen molar-refractivity contribution in [3.05, 3.63) is 0 Å². The Kier molecular flexibility index (Phi) is 4.81. The minimum atomic E-state index is 0.389. The highest BCUT2D eigenvalue weighted by atomic mass is 15.1. The summed E-state index contributed by atoms with van der Waals surface area (Å²) < 4.78 is 0. The maximum Gasteiger partial charge on any atom is 0.0170 e. The summed E-state index contributed by atoms with van der Waals surface area (Å²) in [5, 5.41) is 0. The fourth-order valence-electron chi connectivity index (χ4n) is 3.03. The Labute approximate surface area is 102 Å². The van der Waals surface area contributed by atoms with Crippen molar-refractivity contribution >= 4 is 0 Å². The monoisotopic (exact) mass is 226 g/mol. The molecular formula is C14H30N2. The van der Waals surface area contributed by atoms with Crippen molar-refractivity contribution in [1.29, 1.82) is 0 Å². The van der Waals surface area contributed by atoms with Crippen molar-refractivity contribution in [1.82, 2.24) is 4.90 Å². The Morgan fingerprint density at radius 3 is 2.38 bits per heavy atom. The Morgan fingerprint density at radius 1 is 1.25 bits per heavy atom. The van der Waals surface area contributed by atoms with E-state index in [2.05, 4.69) is 39.5 Å². The van der Waals surface area contributed by atoms with Gasteiger partial charge in [-0.15, -0.1) is 0 Å². The van der Waals surface area contributed by atoms with Gasteiger partial charge in [0.05, 0.1) is 0 Å². The van der Waals surface area contributed by atoms with Crippen LogP contribution in [0.1, 0.15) is 47.5 Å². The highest BCUT2D eigenvalue weighted by Gasteiger charge is 2.28. The third-order valence-corrected chi connectivity index (χ3v) is 3.17. The molecule has 0 radical (unpaired) electrons. The molecule has 0 saturated carbocycles. The van der Waals surface area contributed by atoms with E-state index in [0.29, 0.717) is 11.5 Å². The van der Waals surface area contributed by atoms with E-state index in [1.807, 2.05) is 0 Å². The van der Waals surface area contributed by atoms with Gasteiger partial charge in [-0.05, 0) is 30.1 Å². The maximum absolute atomic E-state index is 6.17. The number of nitrogens with zero attached hydrogens (tertiary/aromatic N) is 1. The van der Waals surface area contributed by atoms with Crippen LogP contribution in [0, 0.1) is 17.3 Å². The minimum Gasteiger partial charge on any atom is -0.327 e. The van der Waals surface area contributed by atoms with Crippen molar-refractivity contribution in [3.8, 4) is 0 Å². The van der Waals surface area contributed by atoms with Crippen molar-refractivity contribution in [2.24, 2.45) is 23.0 Å². The molecule has 0 aliphatic carbocycles. The summed E-state index contributed by atoms with van der Waals surface area (Å²) in [6.45, 7) is 15.1. The van der Waals surface area contributed by atoms with Crippen molar-refractivity contribution in [2.75, 3.05) is 19.6 Å². The SMILES string of the molecule is CC(C)CN1CC(N)CC(CC(C)(C)C)C1. The first-order valence-corrected chi connectivity index (χ1v) is 6.74. The van der Waals surface area contributed by atoms with Crippen LogP contribution in [-0.2, 0) is 0 Å². The van der Waals surface area contributed by atoms with E-state index >= 15 is 0 Å². The summed E-state index contributed by atoms with van der Waals surface area (Å²) in [6.07, 6.45) is 2.52. The fourth-order valence-corrected chi connectivity index (χ4v) is 3.03. The van der Waals surface area contributed by atoms with Gasteiger partial charge in [-0.3, -0.25) is 0 Å². The molecule has 1 aliphatic rings. The first-order valence-electron chi connectivity index (χ1n) is 6.74. The van der Waals surface area contributed by atoms with Crippen LogP contribution in [0.4, 0.5) is 0 Å².